The van der Waals surface area contributed by atoms with Crippen molar-refractivity contribution in [2.24, 2.45) is 0 Å². The fourth-order valence-corrected chi connectivity index (χ4v) is 0.894. The van der Waals surface area contributed by atoms with Crippen LogP contribution in [0.25, 0.3) is 0 Å². The maximum Gasteiger partial charge on any atom is 0.122 e. The van der Waals surface area contributed by atoms with Crippen molar-refractivity contribution in [1.82, 2.24) is 4.98 Å². The molecule has 0 aliphatic carbocycles. The third kappa shape index (κ3) is 1.53. The number of nitrogens with one attached hydrogen (secondary N) is 1. The maximum absolute atomic E-state index is 5.65. The standard InChI is InChI=1S/C6H6ClNS/c1-4-2-3-5(7)6(9)8-4/h2-3H,1H3,(H,8,9). The van der Waals surface area contributed by atoms with E-state index in [4.69, 9.17) is 23.8 Å². The minimum Gasteiger partial charge on any atom is -0.349 e. The molecule has 0 fully saturated rings. The SMILES string of the molecule is Cc1ccc(Cl)c(=S)[nH]1. The van der Waals surface area contributed by atoms with Crippen LogP contribution >= 0.6 is 23.8 Å². The Morgan fingerprint density at radius 2 is 2.22 bits per heavy atom. The number of H-pyrrole nitrogens is 1. The van der Waals surface area contributed by atoms with Gasteiger partial charge in [0.25, 0.3) is 0 Å². The molecule has 48 valence electrons. The molecule has 1 N–H and O–H groups in total. The summed E-state index contributed by atoms with van der Waals surface area (Å²) >= 11 is 10.5. The van der Waals surface area contributed by atoms with Crippen LogP contribution in [0.2, 0.25) is 5.02 Å². The van der Waals surface area contributed by atoms with Gasteiger partial charge in [0, 0.05) is 5.69 Å². The van der Waals surface area contributed by atoms with E-state index in [0.29, 0.717) is 9.66 Å². The van der Waals surface area contributed by atoms with Crippen molar-refractivity contribution in [2.45, 2.75) is 6.92 Å². The van der Waals surface area contributed by atoms with Crippen molar-refractivity contribution in [3.8, 4) is 0 Å². The molecule has 1 heterocycles. The van der Waals surface area contributed by atoms with Crippen molar-refractivity contribution in [3.05, 3.63) is 27.5 Å². The van der Waals surface area contributed by atoms with Gasteiger partial charge in [-0.1, -0.05) is 23.8 Å². The van der Waals surface area contributed by atoms with E-state index in [9.17, 15) is 0 Å². The Bertz CT molecular complexity index is 266. The summed E-state index contributed by atoms with van der Waals surface area (Å²) in [5.74, 6) is 0. The topological polar surface area (TPSA) is 15.8 Å². The van der Waals surface area contributed by atoms with E-state index in [-0.39, 0.29) is 0 Å². The van der Waals surface area contributed by atoms with E-state index in [0.717, 1.165) is 5.69 Å². The van der Waals surface area contributed by atoms with Gasteiger partial charge >= 0.3 is 0 Å². The maximum atomic E-state index is 5.65. The lowest BCUT2D eigenvalue weighted by atomic mass is 10.4. The summed E-state index contributed by atoms with van der Waals surface area (Å²) in [6, 6.07) is 3.67. The Morgan fingerprint density at radius 3 is 2.67 bits per heavy atom. The molecule has 0 unspecified atom stereocenters. The third-order valence-electron chi connectivity index (χ3n) is 1.01. The normalized spacial score (nSPS) is 9.56. The fraction of sp³-hybridized carbons (Fsp3) is 0.167. The number of hydrogen-bond donors (Lipinski definition) is 1. The number of aromatic amines is 1. The van der Waals surface area contributed by atoms with E-state index in [1.165, 1.54) is 0 Å². The summed E-state index contributed by atoms with van der Waals surface area (Å²) in [6.07, 6.45) is 0. The molecule has 1 aromatic heterocycles. The number of aromatic nitrogens is 1. The van der Waals surface area contributed by atoms with Gasteiger partial charge in [0.15, 0.2) is 0 Å². The second kappa shape index (κ2) is 2.50. The van der Waals surface area contributed by atoms with Crippen molar-refractivity contribution in [3.63, 3.8) is 0 Å². The van der Waals surface area contributed by atoms with E-state index in [1.807, 2.05) is 13.0 Å². The molecule has 1 nitrogen and oxygen atoms in total. The zero-order chi connectivity index (χ0) is 6.85. The first-order valence-corrected chi connectivity index (χ1v) is 3.34. The van der Waals surface area contributed by atoms with Crippen LogP contribution < -0.4 is 0 Å². The number of aryl methyl sites for hydroxylation is 1. The minimum absolute atomic E-state index is 0.607. The number of hydrogen-bond acceptors (Lipinski definition) is 1. The highest BCUT2D eigenvalue weighted by atomic mass is 35.5. The number of pyridine rings is 1. The van der Waals surface area contributed by atoms with Gasteiger partial charge in [-0.3, -0.25) is 0 Å². The van der Waals surface area contributed by atoms with Gasteiger partial charge in [-0.2, -0.15) is 0 Å². The highest BCUT2D eigenvalue weighted by Gasteiger charge is 1.87. The average Bonchev–Trinajstić information content (AvgIpc) is 1.80. The number of rotatable bonds is 0. The van der Waals surface area contributed by atoms with E-state index in [2.05, 4.69) is 4.98 Å². The molecule has 1 rings (SSSR count). The molecule has 0 saturated heterocycles. The first kappa shape index (κ1) is 6.78. The lowest BCUT2D eigenvalue weighted by molar-refractivity contribution is 1.18. The van der Waals surface area contributed by atoms with Gasteiger partial charge in [-0.25, -0.2) is 0 Å². The van der Waals surface area contributed by atoms with E-state index < -0.39 is 0 Å². The average molecular weight is 160 g/mol. The Kier molecular flexibility index (Phi) is 1.88. The Hall–Kier alpha value is -0.340. The molecular weight excluding hydrogens is 154 g/mol. The third-order valence-corrected chi connectivity index (χ3v) is 1.76. The minimum atomic E-state index is 0.607. The first-order chi connectivity index (χ1) is 4.20. The Morgan fingerprint density at radius 1 is 1.56 bits per heavy atom. The van der Waals surface area contributed by atoms with Crippen molar-refractivity contribution in [2.75, 3.05) is 0 Å². The van der Waals surface area contributed by atoms with Gasteiger partial charge in [0.05, 0.1) is 5.02 Å². The lowest BCUT2D eigenvalue weighted by Gasteiger charge is -1.91. The van der Waals surface area contributed by atoms with Gasteiger partial charge in [-0.05, 0) is 19.1 Å². The molecule has 0 spiro atoms. The van der Waals surface area contributed by atoms with Crippen LogP contribution in [-0.2, 0) is 0 Å². The van der Waals surface area contributed by atoms with Crippen LogP contribution in [0.15, 0.2) is 12.1 Å². The van der Waals surface area contributed by atoms with Crippen molar-refractivity contribution < 1.29 is 0 Å². The van der Waals surface area contributed by atoms with Crippen LogP contribution in [0, 0.1) is 11.6 Å². The van der Waals surface area contributed by atoms with Gasteiger partial charge in [0.2, 0.25) is 0 Å². The van der Waals surface area contributed by atoms with Crippen molar-refractivity contribution in [1.29, 1.82) is 0 Å². The smallest absolute Gasteiger partial charge is 0.122 e. The van der Waals surface area contributed by atoms with Crippen LogP contribution in [0.5, 0.6) is 0 Å². The van der Waals surface area contributed by atoms with Crippen LogP contribution in [0.1, 0.15) is 5.69 Å². The lowest BCUT2D eigenvalue weighted by Crippen LogP contribution is -1.79. The molecule has 0 aliphatic heterocycles. The second-order valence-corrected chi connectivity index (χ2v) is 2.63. The van der Waals surface area contributed by atoms with Gasteiger partial charge in [-0.15, -0.1) is 0 Å². The molecule has 0 aromatic carbocycles. The predicted octanol–water partition coefficient (Wildman–Crippen LogP) is 2.71. The van der Waals surface area contributed by atoms with Crippen LogP contribution in [0.4, 0.5) is 0 Å². The Labute approximate surface area is 63.7 Å². The number of halogens is 1. The van der Waals surface area contributed by atoms with E-state index >= 15 is 0 Å². The first-order valence-electron chi connectivity index (χ1n) is 2.55. The van der Waals surface area contributed by atoms with Gasteiger partial charge in [0.1, 0.15) is 4.64 Å². The monoisotopic (exact) mass is 159 g/mol. The van der Waals surface area contributed by atoms with Crippen LogP contribution in [0.3, 0.4) is 0 Å². The molecule has 0 radical (unpaired) electrons. The van der Waals surface area contributed by atoms with Crippen LogP contribution in [-0.4, -0.2) is 4.98 Å². The summed E-state index contributed by atoms with van der Waals surface area (Å²) in [6.45, 7) is 1.94. The molecule has 9 heavy (non-hydrogen) atoms. The summed E-state index contributed by atoms with van der Waals surface area (Å²) in [5.41, 5.74) is 1.03. The van der Waals surface area contributed by atoms with Gasteiger partial charge < -0.3 is 4.98 Å². The molecule has 3 heteroatoms. The zero-order valence-corrected chi connectivity index (χ0v) is 6.51. The summed E-state index contributed by atoms with van der Waals surface area (Å²) in [4.78, 5) is 2.92. The predicted molar refractivity (Wildman–Crippen MR) is 41.4 cm³/mol. The summed E-state index contributed by atoms with van der Waals surface area (Å²) in [5, 5.41) is 0.607. The van der Waals surface area contributed by atoms with Crippen molar-refractivity contribution >= 4 is 23.8 Å². The summed E-state index contributed by atoms with van der Waals surface area (Å²) < 4.78 is 0.608. The molecule has 0 saturated carbocycles. The fourth-order valence-electron chi connectivity index (χ4n) is 0.554. The quantitative estimate of drug-likeness (QED) is 0.576. The van der Waals surface area contributed by atoms with E-state index in [1.54, 1.807) is 6.07 Å². The summed E-state index contributed by atoms with van der Waals surface area (Å²) in [7, 11) is 0. The molecule has 0 amide bonds. The molecular formula is C6H6ClNS. The zero-order valence-electron chi connectivity index (χ0n) is 4.94. The molecule has 0 atom stereocenters. The molecule has 0 bridgehead atoms. The highest BCUT2D eigenvalue weighted by Crippen LogP contribution is 2.07. The second-order valence-electron chi connectivity index (χ2n) is 1.82. The largest absolute Gasteiger partial charge is 0.349 e. The molecule has 1 aromatic rings. The Balaban J connectivity index is 3.34. The highest BCUT2D eigenvalue weighted by molar-refractivity contribution is 7.71. The molecule has 0 aliphatic rings.